The Bertz CT molecular complexity index is 1260. The molecule has 1 aromatic carbocycles. The zero-order valence-corrected chi connectivity index (χ0v) is 24.1. The quantitative estimate of drug-likeness (QED) is 0.363. The number of hydrogen-bond acceptors (Lipinski definition) is 8. The van der Waals surface area contributed by atoms with Gasteiger partial charge in [0.05, 0.1) is 11.6 Å². The van der Waals surface area contributed by atoms with Crippen molar-refractivity contribution in [2.24, 2.45) is 0 Å². The highest BCUT2D eigenvalue weighted by Gasteiger charge is 2.25. The average Bonchev–Trinajstić information content (AvgIpc) is 2.94. The summed E-state index contributed by atoms with van der Waals surface area (Å²) < 4.78 is 0. The van der Waals surface area contributed by atoms with Crippen LogP contribution < -0.4 is 16.0 Å². The molecule has 1 fully saturated rings. The third-order valence-electron chi connectivity index (χ3n) is 6.74. The van der Waals surface area contributed by atoms with Crippen molar-refractivity contribution < 1.29 is 9.59 Å². The first kappa shape index (κ1) is 30.3. The lowest BCUT2D eigenvalue weighted by Gasteiger charge is -2.29. The minimum absolute atomic E-state index is 0.00330. The molecule has 1 aliphatic carbocycles. The maximum atomic E-state index is 13.0. The fraction of sp³-hybridized carbons (Fsp3) is 0.433. The normalized spacial score (nSPS) is 16.9. The minimum Gasteiger partial charge on any atom is -0.370 e. The van der Waals surface area contributed by atoms with E-state index in [0.29, 0.717) is 24.6 Å². The van der Waals surface area contributed by atoms with Crippen molar-refractivity contribution in [3.05, 3.63) is 59.3 Å². The van der Waals surface area contributed by atoms with Crippen LogP contribution in [0.3, 0.4) is 0 Å². The van der Waals surface area contributed by atoms with Gasteiger partial charge in [0.25, 0.3) is 0 Å². The lowest BCUT2D eigenvalue weighted by molar-refractivity contribution is -0.135. The molecule has 2 aromatic rings. The van der Waals surface area contributed by atoms with Gasteiger partial charge in [0.15, 0.2) is 0 Å². The molecule has 40 heavy (non-hydrogen) atoms. The molecule has 2 amide bonds. The van der Waals surface area contributed by atoms with Crippen LogP contribution >= 0.6 is 0 Å². The van der Waals surface area contributed by atoms with Gasteiger partial charge in [0.1, 0.15) is 11.9 Å². The van der Waals surface area contributed by atoms with Gasteiger partial charge in [-0.05, 0) is 77.9 Å². The summed E-state index contributed by atoms with van der Waals surface area (Å²) in [5.74, 6) is 0.837. The van der Waals surface area contributed by atoms with Crippen molar-refractivity contribution in [1.82, 2.24) is 25.1 Å². The molecule has 0 radical (unpaired) electrons. The van der Waals surface area contributed by atoms with Crippen LogP contribution in [0.1, 0.15) is 50.7 Å². The first-order valence-corrected chi connectivity index (χ1v) is 13.7. The molecule has 1 aliphatic rings. The number of rotatable bonds is 11. The van der Waals surface area contributed by atoms with Crippen LogP contribution in [0, 0.1) is 11.3 Å². The smallest absolute Gasteiger partial charge is 0.246 e. The first-order chi connectivity index (χ1) is 19.2. The van der Waals surface area contributed by atoms with Crippen molar-refractivity contribution in [2.45, 2.75) is 51.6 Å². The lowest BCUT2D eigenvalue weighted by Crippen LogP contribution is -2.49. The van der Waals surface area contributed by atoms with Crippen LogP contribution in [-0.2, 0) is 9.59 Å². The Balaban J connectivity index is 1.65. The van der Waals surface area contributed by atoms with Crippen molar-refractivity contribution >= 4 is 35.3 Å². The van der Waals surface area contributed by atoms with E-state index in [1.165, 1.54) is 16.5 Å². The Kier molecular flexibility index (Phi) is 11.2. The summed E-state index contributed by atoms with van der Waals surface area (Å²) in [5, 5.41) is 18.6. The van der Waals surface area contributed by atoms with Gasteiger partial charge in [-0.2, -0.15) is 10.2 Å². The van der Waals surface area contributed by atoms with Crippen molar-refractivity contribution in [1.29, 1.82) is 5.26 Å². The second kappa shape index (κ2) is 14.8. The zero-order valence-electron chi connectivity index (χ0n) is 24.1. The molecule has 212 valence electrons. The standard InChI is InChI=1S/C30H40N8O2/c1-6-32-28-24(20-33-30(36-28)35-25-14-12-22(19-31)13-15-25)17-23-9-7-10-26(18-23)34-29(40)21(2)38(5)27(39)11-8-16-37(3)4/h8,11-15,17,20-21,26H,6-7,9-10,16,18H2,1-5H3,(H,34,40)(H2,32,33,35,36)/b11-8+,23-17+/t21-,26-/m0/s1. The summed E-state index contributed by atoms with van der Waals surface area (Å²) in [4.78, 5) is 38.0. The highest BCUT2D eigenvalue weighted by atomic mass is 16.2. The molecule has 2 atom stereocenters. The van der Waals surface area contributed by atoms with E-state index in [0.717, 1.165) is 42.8 Å². The Morgan fingerprint density at radius 3 is 2.65 bits per heavy atom. The van der Waals surface area contributed by atoms with Crippen LogP contribution in [0.15, 0.2) is 48.2 Å². The number of nitriles is 1. The predicted octanol–water partition coefficient (Wildman–Crippen LogP) is 3.93. The Morgan fingerprint density at radius 2 is 1.98 bits per heavy atom. The van der Waals surface area contributed by atoms with E-state index >= 15 is 0 Å². The van der Waals surface area contributed by atoms with E-state index in [-0.39, 0.29) is 17.9 Å². The molecule has 0 saturated heterocycles. The van der Waals surface area contributed by atoms with E-state index in [9.17, 15) is 9.59 Å². The number of amides is 2. The van der Waals surface area contributed by atoms with Crippen molar-refractivity contribution in [2.75, 3.05) is 44.9 Å². The number of likely N-dealkylation sites (N-methyl/N-ethyl adjacent to an activating group) is 2. The monoisotopic (exact) mass is 544 g/mol. The third kappa shape index (κ3) is 8.92. The maximum Gasteiger partial charge on any atom is 0.246 e. The summed E-state index contributed by atoms with van der Waals surface area (Å²) in [6.07, 6.45) is 10.7. The van der Waals surface area contributed by atoms with Crippen LogP contribution in [0.4, 0.5) is 17.5 Å². The molecule has 3 N–H and O–H groups in total. The van der Waals surface area contributed by atoms with E-state index in [2.05, 4.69) is 38.1 Å². The average molecular weight is 545 g/mol. The van der Waals surface area contributed by atoms with Gasteiger partial charge in [-0.3, -0.25) is 9.59 Å². The van der Waals surface area contributed by atoms with Crippen molar-refractivity contribution in [3.8, 4) is 6.07 Å². The highest BCUT2D eigenvalue weighted by molar-refractivity contribution is 5.92. The second-order valence-corrected chi connectivity index (χ2v) is 10.2. The minimum atomic E-state index is -0.573. The van der Waals surface area contributed by atoms with Crippen molar-refractivity contribution in [3.63, 3.8) is 0 Å². The van der Waals surface area contributed by atoms with Crippen LogP contribution in [0.2, 0.25) is 0 Å². The molecule has 10 heteroatoms. The highest BCUT2D eigenvalue weighted by Crippen LogP contribution is 2.28. The number of carbonyl (C=O) groups excluding carboxylic acids is 2. The van der Waals surface area contributed by atoms with Gasteiger partial charge in [0.2, 0.25) is 17.8 Å². The van der Waals surface area contributed by atoms with Crippen LogP contribution in [-0.4, -0.2) is 77.9 Å². The number of hydrogen-bond donors (Lipinski definition) is 3. The molecule has 0 unspecified atom stereocenters. The summed E-state index contributed by atoms with van der Waals surface area (Å²) in [5.41, 5.74) is 3.49. The van der Waals surface area contributed by atoms with Gasteiger partial charge in [-0.1, -0.05) is 17.7 Å². The molecule has 1 saturated carbocycles. The van der Waals surface area contributed by atoms with Gasteiger partial charge < -0.3 is 25.8 Å². The fourth-order valence-corrected chi connectivity index (χ4v) is 4.36. The van der Waals surface area contributed by atoms with Crippen LogP contribution in [0.5, 0.6) is 0 Å². The SMILES string of the molecule is CCNc1nc(Nc2ccc(C#N)cc2)ncc1/C=C1\CCC[C@H](NC(=O)[C@H](C)N(C)C(=O)/C=C/CN(C)C)C1. The number of aromatic nitrogens is 2. The summed E-state index contributed by atoms with van der Waals surface area (Å²) in [6.45, 7) is 5.13. The van der Waals surface area contributed by atoms with Gasteiger partial charge in [-0.15, -0.1) is 0 Å². The number of carbonyl (C=O) groups is 2. The molecule has 3 rings (SSSR count). The number of anilines is 3. The fourth-order valence-electron chi connectivity index (χ4n) is 4.36. The Labute approximate surface area is 237 Å². The van der Waals surface area contributed by atoms with Gasteiger partial charge >= 0.3 is 0 Å². The summed E-state index contributed by atoms with van der Waals surface area (Å²) in [7, 11) is 5.52. The zero-order chi connectivity index (χ0) is 29.1. The topological polar surface area (TPSA) is 126 Å². The van der Waals surface area contributed by atoms with E-state index in [1.54, 1.807) is 38.4 Å². The van der Waals surface area contributed by atoms with E-state index < -0.39 is 6.04 Å². The molecule has 0 bridgehead atoms. The predicted molar refractivity (Wildman–Crippen MR) is 159 cm³/mol. The third-order valence-corrected chi connectivity index (χ3v) is 6.74. The Hall–Kier alpha value is -4.23. The van der Waals surface area contributed by atoms with E-state index in [4.69, 9.17) is 5.26 Å². The number of benzene rings is 1. The Morgan fingerprint density at radius 1 is 1.23 bits per heavy atom. The molecule has 0 spiro atoms. The van der Waals surface area contributed by atoms with Gasteiger partial charge in [-0.25, -0.2) is 4.98 Å². The summed E-state index contributed by atoms with van der Waals surface area (Å²) >= 11 is 0. The molecular weight excluding hydrogens is 504 g/mol. The lowest BCUT2D eigenvalue weighted by atomic mass is 9.89. The second-order valence-electron chi connectivity index (χ2n) is 10.2. The molecular formula is C30H40N8O2. The molecule has 0 aliphatic heterocycles. The molecule has 1 aromatic heterocycles. The van der Waals surface area contributed by atoms with Gasteiger partial charge in [0, 0.05) is 49.7 Å². The first-order valence-electron chi connectivity index (χ1n) is 13.7. The van der Waals surface area contributed by atoms with Crippen LogP contribution in [0.25, 0.3) is 6.08 Å². The molecule has 1 heterocycles. The summed E-state index contributed by atoms with van der Waals surface area (Å²) in [6, 6.07) is 8.66. The van der Waals surface area contributed by atoms with E-state index in [1.807, 2.05) is 38.1 Å². The maximum absolute atomic E-state index is 13.0. The molecule has 10 nitrogen and oxygen atoms in total. The number of nitrogens with one attached hydrogen (secondary N) is 3. The largest absolute Gasteiger partial charge is 0.370 e. The number of nitrogens with zero attached hydrogens (tertiary/aromatic N) is 5.